The Balaban J connectivity index is 2.05. The van der Waals surface area contributed by atoms with Crippen molar-refractivity contribution in [3.8, 4) is 0 Å². The molecule has 3 atom stereocenters. The number of carbonyl (C=O) groups is 1. The first-order valence-corrected chi connectivity index (χ1v) is 7.65. The van der Waals surface area contributed by atoms with Gasteiger partial charge in [-0.15, -0.1) is 0 Å². The number of hydrogen-bond donors (Lipinski definition) is 1. The van der Waals surface area contributed by atoms with Crippen molar-refractivity contribution in [2.24, 2.45) is 17.8 Å². The van der Waals surface area contributed by atoms with Gasteiger partial charge in [0, 0.05) is 13.1 Å². The SMILES string of the molecule is CC(C)C1NC(C(C)C)N(CC2CCN(C)C2)C1=O. The van der Waals surface area contributed by atoms with Crippen molar-refractivity contribution in [1.82, 2.24) is 15.1 Å². The zero-order chi connectivity index (χ0) is 14.2. The average molecular weight is 267 g/mol. The van der Waals surface area contributed by atoms with Crippen LogP contribution in [-0.2, 0) is 4.79 Å². The van der Waals surface area contributed by atoms with Crippen molar-refractivity contribution in [1.29, 1.82) is 0 Å². The molecular formula is C15H29N3O. The van der Waals surface area contributed by atoms with Crippen molar-refractivity contribution in [2.75, 3.05) is 26.7 Å². The van der Waals surface area contributed by atoms with Crippen molar-refractivity contribution in [2.45, 2.75) is 46.3 Å². The van der Waals surface area contributed by atoms with Gasteiger partial charge in [0.1, 0.15) is 0 Å². The molecule has 0 radical (unpaired) electrons. The van der Waals surface area contributed by atoms with Crippen LogP contribution in [-0.4, -0.2) is 54.6 Å². The predicted octanol–water partition coefficient (Wildman–Crippen LogP) is 1.38. The third kappa shape index (κ3) is 3.11. The summed E-state index contributed by atoms with van der Waals surface area (Å²) in [5.74, 6) is 1.78. The summed E-state index contributed by atoms with van der Waals surface area (Å²) in [6.45, 7) is 11.9. The first-order chi connectivity index (χ1) is 8.90. The highest BCUT2D eigenvalue weighted by Crippen LogP contribution is 2.25. The number of nitrogens with zero attached hydrogens (tertiary/aromatic N) is 2. The Kier molecular flexibility index (Phi) is 4.51. The van der Waals surface area contributed by atoms with Crippen LogP contribution in [0.15, 0.2) is 0 Å². The van der Waals surface area contributed by atoms with Crippen LogP contribution in [0, 0.1) is 17.8 Å². The third-order valence-electron chi connectivity index (χ3n) is 4.48. The second-order valence-corrected chi connectivity index (χ2v) is 6.98. The molecule has 110 valence electrons. The smallest absolute Gasteiger partial charge is 0.241 e. The molecular weight excluding hydrogens is 238 g/mol. The molecule has 4 heteroatoms. The number of rotatable bonds is 4. The second-order valence-electron chi connectivity index (χ2n) is 6.98. The van der Waals surface area contributed by atoms with E-state index in [0.717, 1.165) is 13.1 Å². The summed E-state index contributed by atoms with van der Waals surface area (Å²) in [6, 6.07) is 0.00605. The molecule has 0 aromatic heterocycles. The largest absolute Gasteiger partial charge is 0.325 e. The van der Waals surface area contributed by atoms with Gasteiger partial charge in [-0.2, -0.15) is 0 Å². The molecule has 2 rings (SSSR count). The topological polar surface area (TPSA) is 35.6 Å². The third-order valence-corrected chi connectivity index (χ3v) is 4.48. The Bertz CT molecular complexity index is 329. The van der Waals surface area contributed by atoms with Gasteiger partial charge in [-0.3, -0.25) is 10.1 Å². The number of nitrogens with one attached hydrogen (secondary N) is 1. The second kappa shape index (κ2) is 5.80. The van der Waals surface area contributed by atoms with E-state index in [9.17, 15) is 4.79 Å². The molecule has 2 fully saturated rings. The highest BCUT2D eigenvalue weighted by Gasteiger charge is 2.42. The normalized spacial score (nSPS) is 33.1. The summed E-state index contributed by atoms with van der Waals surface area (Å²) in [5, 5.41) is 3.54. The van der Waals surface area contributed by atoms with Gasteiger partial charge in [-0.25, -0.2) is 0 Å². The molecule has 2 saturated heterocycles. The lowest BCUT2D eigenvalue weighted by Gasteiger charge is -2.29. The molecule has 2 aliphatic rings. The molecule has 4 nitrogen and oxygen atoms in total. The van der Waals surface area contributed by atoms with Crippen molar-refractivity contribution in [3.05, 3.63) is 0 Å². The number of likely N-dealkylation sites (tertiary alicyclic amines) is 1. The molecule has 1 amide bonds. The van der Waals surface area contributed by atoms with Crippen molar-refractivity contribution in [3.63, 3.8) is 0 Å². The zero-order valence-corrected chi connectivity index (χ0v) is 13.0. The van der Waals surface area contributed by atoms with Gasteiger partial charge in [0.2, 0.25) is 5.91 Å². The van der Waals surface area contributed by atoms with E-state index < -0.39 is 0 Å². The highest BCUT2D eigenvalue weighted by atomic mass is 16.2. The minimum Gasteiger partial charge on any atom is -0.325 e. The standard InChI is InChI=1S/C15H29N3O/c1-10(2)13-15(19)18(14(16-13)11(3)4)9-12-6-7-17(5)8-12/h10-14,16H,6-9H2,1-5H3. The average Bonchev–Trinajstić information content (AvgIpc) is 2.85. The van der Waals surface area contributed by atoms with E-state index in [1.54, 1.807) is 0 Å². The Morgan fingerprint density at radius 3 is 2.42 bits per heavy atom. The molecule has 2 aliphatic heterocycles. The van der Waals surface area contributed by atoms with Crippen LogP contribution in [0.5, 0.6) is 0 Å². The van der Waals surface area contributed by atoms with Gasteiger partial charge in [0.15, 0.2) is 0 Å². The fraction of sp³-hybridized carbons (Fsp3) is 0.933. The van der Waals surface area contributed by atoms with E-state index in [-0.39, 0.29) is 12.2 Å². The van der Waals surface area contributed by atoms with Gasteiger partial charge in [0.05, 0.1) is 12.2 Å². The number of hydrogen-bond acceptors (Lipinski definition) is 3. The summed E-state index contributed by atoms with van der Waals surface area (Å²) in [4.78, 5) is 17.1. The number of carbonyl (C=O) groups excluding carboxylic acids is 1. The van der Waals surface area contributed by atoms with Crippen molar-refractivity contribution >= 4 is 5.91 Å². The molecule has 0 bridgehead atoms. The quantitative estimate of drug-likeness (QED) is 0.836. The van der Waals surface area contributed by atoms with Crippen molar-refractivity contribution < 1.29 is 4.79 Å². The van der Waals surface area contributed by atoms with Gasteiger partial charge in [-0.05, 0) is 37.8 Å². The van der Waals surface area contributed by atoms with Crippen LogP contribution in [0.3, 0.4) is 0 Å². The summed E-state index contributed by atoms with van der Waals surface area (Å²) in [7, 11) is 2.17. The highest BCUT2D eigenvalue weighted by molar-refractivity contribution is 5.84. The van der Waals surface area contributed by atoms with Crippen LogP contribution >= 0.6 is 0 Å². The molecule has 3 unspecified atom stereocenters. The van der Waals surface area contributed by atoms with E-state index >= 15 is 0 Å². The van der Waals surface area contributed by atoms with Gasteiger partial charge in [0.25, 0.3) is 0 Å². The maximum atomic E-state index is 12.6. The first kappa shape index (κ1) is 14.8. The Morgan fingerprint density at radius 1 is 1.26 bits per heavy atom. The minimum absolute atomic E-state index is 0.00605. The molecule has 0 aromatic carbocycles. The molecule has 0 aromatic rings. The lowest BCUT2D eigenvalue weighted by molar-refractivity contribution is -0.131. The molecule has 0 saturated carbocycles. The summed E-state index contributed by atoms with van der Waals surface area (Å²) in [6.07, 6.45) is 1.43. The van der Waals surface area contributed by atoms with Crippen LogP contribution < -0.4 is 5.32 Å². The summed E-state index contributed by atoms with van der Waals surface area (Å²) < 4.78 is 0. The Morgan fingerprint density at radius 2 is 1.95 bits per heavy atom. The van der Waals surface area contributed by atoms with E-state index in [2.05, 4.69) is 49.9 Å². The van der Waals surface area contributed by atoms with E-state index in [0.29, 0.717) is 23.7 Å². The van der Waals surface area contributed by atoms with Gasteiger partial charge in [-0.1, -0.05) is 27.7 Å². The number of amides is 1. The van der Waals surface area contributed by atoms with E-state index in [1.165, 1.54) is 13.0 Å². The lowest BCUT2D eigenvalue weighted by atomic mass is 10.0. The van der Waals surface area contributed by atoms with E-state index in [4.69, 9.17) is 0 Å². The monoisotopic (exact) mass is 267 g/mol. The zero-order valence-electron chi connectivity index (χ0n) is 13.0. The fourth-order valence-corrected chi connectivity index (χ4v) is 3.35. The fourth-order valence-electron chi connectivity index (χ4n) is 3.35. The van der Waals surface area contributed by atoms with Crippen LogP contribution in [0.25, 0.3) is 0 Å². The predicted molar refractivity (Wildman–Crippen MR) is 77.7 cm³/mol. The summed E-state index contributed by atoms with van der Waals surface area (Å²) >= 11 is 0. The van der Waals surface area contributed by atoms with Crippen LogP contribution in [0.2, 0.25) is 0 Å². The van der Waals surface area contributed by atoms with Gasteiger partial charge < -0.3 is 9.80 Å². The lowest BCUT2D eigenvalue weighted by Crippen LogP contribution is -2.44. The van der Waals surface area contributed by atoms with Crippen LogP contribution in [0.4, 0.5) is 0 Å². The minimum atomic E-state index is 0.00605. The maximum absolute atomic E-state index is 12.6. The molecule has 19 heavy (non-hydrogen) atoms. The molecule has 0 aliphatic carbocycles. The van der Waals surface area contributed by atoms with Crippen LogP contribution in [0.1, 0.15) is 34.1 Å². The van der Waals surface area contributed by atoms with E-state index in [1.807, 2.05) is 0 Å². The molecule has 0 spiro atoms. The Hall–Kier alpha value is -0.610. The Labute approximate surface area is 117 Å². The summed E-state index contributed by atoms with van der Waals surface area (Å²) in [5.41, 5.74) is 0. The molecule has 2 heterocycles. The first-order valence-electron chi connectivity index (χ1n) is 7.65. The van der Waals surface area contributed by atoms with Gasteiger partial charge >= 0.3 is 0 Å². The molecule has 1 N–H and O–H groups in total. The maximum Gasteiger partial charge on any atom is 0.241 e.